The third kappa shape index (κ3) is 3.71. The maximum atomic E-state index is 13.9. The van der Waals surface area contributed by atoms with E-state index in [-0.39, 0.29) is 11.7 Å². The molecule has 0 spiro atoms. The highest BCUT2D eigenvalue weighted by Gasteiger charge is 2.29. The zero-order valence-electron chi connectivity index (χ0n) is 13.8. The first kappa shape index (κ1) is 16.9. The molecule has 132 valence electrons. The summed E-state index contributed by atoms with van der Waals surface area (Å²) in [4.78, 5) is 21.1. The highest BCUT2D eigenvalue weighted by Crippen LogP contribution is 2.41. The molecule has 0 radical (unpaired) electrons. The number of amides is 1. The van der Waals surface area contributed by atoms with Crippen LogP contribution in [-0.2, 0) is 6.54 Å². The van der Waals surface area contributed by atoms with E-state index in [0.717, 1.165) is 5.01 Å². The summed E-state index contributed by atoms with van der Waals surface area (Å²) in [5.74, 6) is 0.307. The number of thiazole rings is 1. The summed E-state index contributed by atoms with van der Waals surface area (Å²) in [6.07, 6.45) is 2.39. The normalized spacial score (nSPS) is 18.6. The molecule has 7 heteroatoms. The predicted octanol–water partition coefficient (Wildman–Crippen LogP) is 3.77. The van der Waals surface area contributed by atoms with Crippen molar-refractivity contribution in [2.75, 3.05) is 26.2 Å². The zero-order chi connectivity index (χ0) is 17.4. The van der Waals surface area contributed by atoms with Crippen molar-refractivity contribution in [1.82, 2.24) is 14.8 Å². The van der Waals surface area contributed by atoms with E-state index in [9.17, 15) is 9.18 Å². The van der Waals surface area contributed by atoms with Gasteiger partial charge in [-0.25, -0.2) is 9.37 Å². The van der Waals surface area contributed by atoms with Crippen molar-refractivity contribution in [3.8, 4) is 0 Å². The average molecular weight is 380 g/mol. The highest BCUT2D eigenvalue weighted by molar-refractivity contribution is 7.10. The van der Waals surface area contributed by atoms with Crippen molar-refractivity contribution in [1.29, 1.82) is 0 Å². The largest absolute Gasteiger partial charge is 0.335 e. The van der Waals surface area contributed by atoms with Gasteiger partial charge in [-0.05, 0) is 25.0 Å². The molecule has 2 heterocycles. The minimum Gasteiger partial charge on any atom is -0.335 e. The third-order valence-corrected chi connectivity index (χ3v) is 6.13. The van der Waals surface area contributed by atoms with E-state index in [1.807, 2.05) is 10.3 Å². The van der Waals surface area contributed by atoms with Crippen LogP contribution in [0.3, 0.4) is 0 Å². The molecule has 1 saturated heterocycles. The quantitative estimate of drug-likeness (QED) is 0.811. The van der Waals surface area contributed by atoms with Crippen molar-refractivity contribution in [3.05, 3.63) is 50.7 Å². The summed E-state index contributed by atoms with van der Waals surface area (Å²) >= 11 is 7.70. The second-order valence-corrected chi connectivity index (χ2v) is 7.91. The molecular formula is C18H19ClFN3OS. The molecule has 25 heavy (non-hydrogen) atoms. The summed E-state index contributed by atoms with van der Waals surface area (Å²) in [6.45, 7) is 3.13. The van der Waals surface area contributed by atoms with Crippen LogP contribution >= 0.6 is 22.9 Å². The Labute approximate surface area is 155 Å². The lowest BCUT2D eigenvalue weighted by molar-refractivity contribution is 0.0622. The molecule has 0 bridgehead atoms. The van der Waals surface area contributed by atoms with E-state index in [1.54, 1.807) is 23.5 Å². The van der Waals surface area contributed by atoms with Crippen LogP contribution in [0.25, 0.3) is 0 Å². The van der Waals surface area contributed by atoms with Gasteiger partial charge in [0.2, 0.25) is 0 Å². The molecule has 0 unspecified atom stereocenters. The van der Waals surface area contributed by atoms with Crippen LogP contribution in [0, 0.1) is 5.82 Å². The number of carbonyl (C=O) groups excluding carboxylic acids is 1. The van der Waals surface area contributed by atoms with Gasteiger partial charge in [-0.3, -0.25) is 9.69 Å². The average Bonchev–Trinajstić information content (AvgIpc) is 3.35. The van der Waals surface area contributed by atoms with Gasteiger partial charge < -0.3 is 4.90 Å². The number of aromatic nitrogens is 1. The third-order valence-electron chi connectivity index (χ3n) is 4.77. The maximum absolute atomic E-state index is 13.9. The molecule has 1 aromatic carbocycles. The Balaban J connectivity index is 1.35. The van der Waals surface area contributed by atoms with E-state index in [0.29, 0.717) is 54.9 Å². The van der Waals surface area contributed by atoms with Crippen molar-refractivity contribution >= 4 is 28.8 Å². The van der Waals surface area contributed by atoms with Crippen LogP contribution in [-0.4, -0.2) is 46.9 Å². The van der Waals surface area contributed by atoms with Gasteiger partial charge in [0.1, 0.15) is 11.5 Å². The second-order valence-electron chi connectivity index (χ2n) is 6.61. The van der Waals surface area contributed by atoms with Gasteiger partial charge in [-0.1, -0.05) is 17.7 Å². The number of halogens is 2. The first-order valence-electron chi connectivity index (χ1n) is 8.52. The number of hydrogen-bond donors (Lipinski definition) is 0. The summed E-state index contributed by atoms with van der Waals surface area (Å²) in [7, 11) is 0. The van der Waals surface area contributed by atoms with Gasteiger partial charge in [-0.15, -0.1) is 11.3 Å². The van der Waals surface area contributed by atoms with Crippen LogP contribution in [0.5, 0.6) is 0 Å². The molecule has 1 aromatic heterocycles. The van der Waals surface area contributed by atoms with Gasteiger partial charge in [0, 0.05) is 54.6 Å². The summed E-state index contributed by atoms with van der Waals surface area (Å²) in [5, 5.41) is 3.42. The molecule has 4 rings (SSSR count). The number of nitrogens with zero attached hydrogens (tertiary/aromatic N) is 3. The number of hydrogen-bond acceptors (Lipinski definition) is 4. The van der Waals surface area contributed by atoms with Crippen LogP contribution in [0.15, 0.2) is 23.6 Å². The second kappa shape index (κ2) is 7.02. The lowest BCUT2D eigenvalue weighted by Gasteiger charge is -2.34. The lowest BCUT2D eigenvalue weighted by atomic mass is 10.1. The number of rotatable bonds is 4. The van der Waals surface area contributed by atoms with Gasteiger partial charge in [-0.2, -0.15) is 0 Å². The van der Waals surface area contributed by atoms with Crippen molar-refractivity contribution in [3.63, 3.8) is 0 Å². The molecule has 0 atom stereocenters. The Hall–Kier alpha value is -1.50. The monoisotopic (exact) mass is 379 g/mol. The fourth-order valence-electron chi connectivity index (χ4n) is 3.08. The minimum absolute atomic E-state index is 0.00623. The molecule has 2 fully saturated rings. The van der Waals surface area contributed by atoms with Crippen LogP contribution in [0.2, 0.25) is 5.02 Å². The van der Waals surface area contributed by atoms with E-state index in [2.05, 4.69) is 9.88 Å². The number of piperazine rings is 1. The minimum atomic E-state index is -0.277. The molecule has 1 saturated carbocycles. The maximum Gasteiger partial charge on any atom is 0.273 e. The summed E-state index contributed by atoms with van der Waals surface area (Å²) in [5.41, 5.74) is 1.09. The fraction of sp³-hybridized carbons (Fsp3) is 0.444. The van der Waals surface area contributed by atoms with Gasteiger partial charge in [0.05, 0.1) is 5.01 Å². The van der Waals surface area contributed by atoms with Crippen LogP contribution in [0.1, 0.15) is 39.8 Å². The van der Waals surface area contributed by atoms with E-state index in [4.69, 9.17) is 11.6 Å². The Bertz CT molecular complexity index is 764. The van der Waals surface area contributed by atoms with Gasteiger partial charge in [0.15, 0.2) is 0 Å². The highest BCUT2D eigenvalue weighted by atomic mass is 35.5. The van der Waals surface area contributed by atoms with E-state index >= 15 is 0 Å². The van der Waals surface area contributed by atoms with Crippen molar-refractivity contribution < 1.29 is 9.18 Å². The standard InChI is InChI=1S/C18H19ClFN3OS/c19-14-2-1-3-15(20)13(14)10-22-6-8-23(9-7-22)18(24)16-11-25-17(21-16)12-4-5-12/h1-3,11-12H,4-10H2. The molecule has 2 aliphatic rings. The van der Waals surface area contributed by atoms with E-state index in [1.165, 1.54) is 18.9 Å². The first-order chi connectivity index (χ1) is 12.1. The molecule has 4 nitrogen and oxygen atoms in total. The molecule has 1 amide bonds. The topological polar surface area (TPSA) is 36.4 Å². The van der Waals surface area contributed by atoms with E-state index < -0.39 is 0 Å². The number of carbonyl (C=O) groups is 1. The Morgan fingerprint density at radius 1 is 1.28 bits per heavy atom. The lowest BCUT2D eigenvalue weighted by Crippen LogP contribution is -2.48. The Kier molecular flexibility index (Phi) is 4.75. The van der Waals surface area contributed by atoms with Crippen LogP contribution < -0.4 is 0 Å². The van der Waals surface area contributed by atoms with Crippen molar-refractivity contribution in [2.45, 2.75) is 25.3 Å². The van der Waals surface area contributed by atoms with Gasteiger partial charge >= 0.3 is 0 Å². The summed E-state index contributed by atoms with van der Waals surface area (Å²) < 4.78 is 13.9. The zero-order valence-corrected chi connectivity index (χ0v) is 15.3. The first-order valence-corrected chi connectivity index (χ1v) is 9.77. The molecule has 1 aliphatic carbocycles. The van der Waals surface area contributed by atoms with Crippen LogP contribution in [0.4, 0.5) is 4.39 Å². The summed E-state index contributed by atoms with van der Waals surface area (Å²) in [6, 6.07) is 4.75. The Morgan fingerprint density at radius 3 is 2.72 bits per heavy atom. The van der Waals surface area contributed by atoms with Gasteiger partial charge in [0.25, 0.3) is 5.91 Å². The fourth-order valence-corrected chi connectivity index (χ4v) is 4.27. The Morgan fingerprint density at radius 2 is 2.04 bits per heavy atom. The van der Waals surface area contributed by atoms with Crippen molar-refractivity contribution in [2.24, 2.45) is 0 Å². The molecule has 0 N–H and O–H groups in total. The molecule has 2 aromatic rings. The molecule has 1 aliphatic heterocycles. The smallest absolute Gasteiger partial charge is 0.273 e. The predicted molar refractivity (Wildman–Crippen MR) is 96.7 cm³/mol. The SMILES string of the molecule is O=C(c1csc(C2CC2)n1)N1CCN(Cc2c(F)cccc2Cl)CC1. The number of benzene rings is 1. The molecular weight excluding hydrogens is 361 g/mol.